The molecule has 0 fully saturated rings. The number of ether oxygens (including phenoxy) is 2. The molecular weight excluding hydrogens is 322 g/mol. The zero-order chi connectivity index (χ0) is 17.8. The maximum Gasteiger partial charge on any atom is 0.319 e. The summed E-state index contributed by atoms with van der Waals surface area (Å²) in [5.41, 5.74) is 2.15. The number of hydrogen-bond donors (Lipinski definition) is 2. The first-order valence-corrected chi connectivity index (χ1v) is 8.45. The van der Waals surface area contributed by atoms with Crippen molar-refractivity contribution in [2.24, 2.45) is 0 Å². The Morgan fingerprint density at radius 1 is 1.24 bits per heavy atom. The van der Waals surface area contributed by atoms with Crippen LogP contribution in [-0.2, 0) is 9.53 Å². The Balaban J connectivity index is 1.77. The molecule has 7 nitrogen and oxygen atoms in total. The molecule has 0 saturated heterocycles. The van der Waals surface area contributed by atoms with Crippen LogP contribution in [0.5, 0.6) is 5.75 Å². The van der Waals surface area contributed by atoms with Crippen LogP contribution in [0.4, 0.5) is 4.79 Å². The van der Waals surface area contributed by atoms with E-state index in [0.717, 1.165) is 17.7 Å². The van der Waals surface area contributed by atoms with E-state index in [1.165, 1.54) is 0 Å². The SMILES string of the molecule is CCOCCCN1CC2=C(C1=O)[C@H](c1ccc(OC)cc1)NC(=O)N2. The van der Waals surface area contributed by atoms with E-state index in [-0.39, 0.29) is 11.9 Å². The van der Waals surface area contributed by atoms with Crippen molar-refractivity contribution in [1.29, 1.82) is 0 Å². The Hall–Kier alpha value is -2.54. The van der Waals surface area contributed by atoms with Gasteiger partial charge in [-0.25, -0.2) is 4.79 Å². The lowest BCUT2D eigenvalue weighted by Crippen LogP contribution is -2.44. The van der Waals surface area contributed by atoms with E-state index >= 15 is 0 Å². The van der Waals surface area contributed by atoms with Gasteiger partial charge in [0.25, 0.3) is 5.91 Å². The first-order valence-electron chi connectivity index (χ1n) is 8.45. The Morgan fingerprint density at radius 2 is 2.00 bits per heavy atom. The average molecular weight is 345 g/mol. The summed E-state index contributed by atoms with van der Waals surface area (Å²) in [4.78, 5) is 26.6. The minimum Gasteiger partial charge on any atom is -0.497 e. The van der Waals surface area contributed by atoms with Gasteiger partial charge in [-0.1, -0.05) is 12.1 Å². The molecule has 1 atom stereocenters. The predicted molar refractivity (Wildman–Crippen MR) is 92.1 cm³/mol. The van der Waals surface area contributed by atoms with Gasteiger partial charge in [0, 0.05) is 19.8 Å². The number of urea groups is 1. The number of hydrogen-bond acceptors (Lipinski definition) is 4. The number of benzene rings is 1. The molecule has 7 heteroatoms. The normalized spacial score (nSPS) is 19.6. The van der Waals surface area contributed by atoms with E-state index < -0.39 is 6.04 Å². The molecular formula is C18H23N3O4. The number of carbonyl (C=O) groups is 2. The van der Waals surface area contributed by atoms with E-state index in [1.807, 2.05) is 31.2 Å². The third kappa shape index (κ3) is 3.61. The highest BCUT2D eigenvalue weighted by Gasteiger charge is 2.40. The molecule has 2 heterocycles. The maximum absolute atomic E-state index is 12.8. The fraction of sp³-hybridized carbons (Fsp3) is 0.444. The first kappa shape index (κ1) is 17.3. The Bertz CT molecular complexity index is 684. The van der Waals surface area contributed by atoms with Crippen molar-refractivity contribution in [3.63, 3.8) is 0 Å². The highest BCUT2D eigenvalue weighted by Crippen LogP contribution is 2.33. The van der Waals surface area contributed by atoms with E-state index in [1.54, 1.807) is 12.0 Å². The highest BCUT2D eigenvalue weighted by molar-refractivity contribution is 6.01. The minimum absolute atomic E-state index is 0.0418. The molecule has 2 aliphatic heterocycles. The largest absolute Gasteiger partial charge is 0.497 e. The molecule has 3 rings (SSSR count). The van der Waals surface area contributed by atoms with Crippen LogP contribution in [-0.4, -0.2) is 50.3 Å². The van der Waals surface area contributed by atoms with Gasteiger partial charge < -0.3 is 25.0 Å². The third-order valence-corrected chi connectivity index (χ3v) is 4.39. The van der Waals surface area contributed by atoms with Crippen molar-refractivity contribution in [2.75, 3.05) is 33.4 Å². The van der Waals surface area contributed by atoms with E-state index in [4.69, 9.17) is 9.47 Å². The maximum atomic E-state index is 12.8. The van der Waals surface area contributed by atoms with Crippen molar-refractivity contribution >= 4 is 11.9 Å². The second kappa shape index (κ2) is 7.57. The van der Waals surface area contributed by atoms with Gasteiger partial charge in [0.2, 0.25) is 0 Å². The lowest BCUT2D eigenvalue weighted by atomic mass is 9.96. The summed E-state index contributed by atoms with van der Waals surface area (Å²) >= 11 is 0. The second-order valence-corrected chi connectivity index (χ2v) is 5.97. The molecule has 0 radical (unpaired) electrons. The molecule has 0 aromatic heterocycles. The Kier molecular flexibility index (Phi) is 5.23. The van der Waals surface area contributed by atoms with Crippen LogP contribution in [0.25, 0.3) is 0 Å². The molecule has 1 aromatic rings. The quantitative estimate of drug-likeness (QED) is 0.735. The average Bonchev–Trinajstić information content (AvgIpc) is 2.94. The van der Waals surface area contributed by atoms with Crippen molar-refractivity contribution in [2.45, 2.75) is 19.4 Å². The summed E-state index contributed by atoms with van der Waals surface area (Å²) in [6.07, 6.45) is 0.773. The fourth-order valence-corrected chi connectivity index (χ4v) is 3.16. The first-order chi connectivity index (χ1) is 12.1. The molecule has 0 saturated carbocycles. The molecule has 3 amide bonds. The van der Waals surface area contributed by atoms with Gasteiger partial charge >= 0.3 is 6.03 Å². The zero-order valence-electron chi connectivity index (χ0n) is 14.5. The standard InChI is InChI=1S/C18H23N3O4/c1-3-25-10-4-9-21-11-14-15(17(21)22)16(20-18(23)19-14)12-5-7-13(24-2)8-6-12/h5-8,16H,3-4,9-11H2,1-2H3,(H2,19,20,23)/t16-/m0/s1. The summed E-state index contributed by atoms with van der Waals surface area (Å²) in [6.45, 7) is 4.28. The molecule has 25 heavy (non-hydrogen) atoms. The number of nitrogens with one attached hydrogen (secondary N) is 2. The zero-order valence-corrected chi connectivity index (χ0v) is 14.5. The summed E-state index contributed by atoms with van der Waals surface area (Å²) in [5, 5.41) is 5.62. The van der Waals surface area contributed by atoms with Crippen LogP contribution in [0.2, 0.25) is 0 Å². The van der Waals surface area contributed by atoms with Gasteiger partial charge in [-0.2, -0.15) is 0 Å². The number of methoxy groups -OCH3 is 1. The van der Waals surface area contributed by atoms with Crippen LogP contribution in [0, 0.1) is 0 Å². The fourth-order valence-electron chi connectivity index (χ4n) is 3.16. The number of amides is 3. The lowest BCUT2D eigenvalue weighted by molar-refractivity contribution is -0.126. The van der Waals surface area contributed by atoms with Gasteiger partial charge in [-0.05, 0) is 31.0 Å². The van der Waals surface area contributed by atoms with Crippen molar-refractivity contribution in [1.82, 2.24) is 15.5 Å². The molecule has 134 valence electrons. The summed E-state index contributed by atoms with van der Waals surface area (Å²) in [7, 11) is 1.60. The molecule has 0 bridgehead atoms. The molecule has 2 N–H and O–H groups in total. The van der Waals surface area contributed by atoms with Gasteiger partial charge in [0.05, 0.1) is 31.0 Å². The van der Waals surface area contributed by atoms with Crippen LogP contribution in [0.3, 0.4) is 0 Å². The van der Waals surface area contributed by atoms with E-state index in [2.05, 4.69) is 10.6 Å². The van der Waals surface area contributed by atoms with Crippen molar-refractivity contribution in [3.8, 4) is 5.75 Å². The lowest BCUT2D eigenvalue weighted by Gasteiger charge is -2.25. The van der Waals surface area contributed by atoms with Crippen LogP contribution < -0.4 is 15.4 Å². The topological polar surface area (TPSA) is 79.9 Å². The monoisotopic (exact) mass is 345 g/mol. The van der Waals surface area contributed by atoms with Crippen molar-refractivity contribution in [3.05, 3.63) is 41.1 Å². The Morgan fingerprint density at radius 3 is 2.68 bits per heavy atom. The van der Waals surface area contributed by atoms with Crippen LogP contribution in [0.15, 0.2) is 35.5 Å². The van der Waals surface area contributed by atoms with Crippen molar-refractivity contribution < 1.29 is 19.1 Å². The summed E-state index contributed by atoms with van der Waals surface area (Å²) < 4.78 is 10.5. The van der Waals surface area contributed by atoms with E-state index in [0.29, 0.717) is 37.6 Å². The molecule has 0 spiro atoms. The van der Waals surface area contributed by atoms with Gasteiger partial charge in [0.15, 0.2) is 0 Å². The predicted octanol–water partition coefficient (Wildman–Crippen LogP) is 1.57. The number of rotatable bonds is 7. The number of nitrogens with zero attached hydrogens (tertiary/aromatic N) is 1. The molecule has 0 unspecified atom stereocenters. The second-order valence-electron chi connectivity index (χ2n) is 5.97. The van der Waals surface area contributed by atoms with Gasteiger partial charge in [0.1, 0.15) is 5.75 Å². The summed E-state index contributed by atoms with van der Waals surface area (Å²) in [5.74, 6) is 0.688. The third-order valence-electron chi connectivity index (χ3n) is 4.39. The van der Waals surface area contributed by atoms with Gasteiger partial charge in [-0.3, -0.25) is 4.79 Å². The molecule has 1 aromatic carbocycles. The van der Waals surface area contributed by atoms with Crippen LogP contribution >= 0.6 is 0 Å². The van der Waals surface area contributed by atoms with Gasteiger partial charge in [-0.15, -0.1) is 0 Å². The molecule has 2 aliphatic rings. The Labute approximate surface area is 147 Å². The number of carbonyl (C=O) groups excluding carboxylic acids is 2. The highest BCUT2D eigenvalue weighted by atomic mass is 16.5. The van der Waals surface area contributed by atoms with E-state index in [9.17, 15) is 9.59 Å². The van der Waals surface area contributed by atoms with Crippen LogP contribution in [0.1, 0.15) is 24.9 Å². The minimum atomic E-state index is -0.445. The molecule has 0 aliphatic carbocycles. The smallest absolute Gasteiger partial charge is 0.319 e. The summed E-state index contributed by atoms with van der Waals surface area (Å²) in [6, 6.07) is 6.64.